The second-order valence-corrected chi connectivity index (χ2v) is 11.9. The summed E-state index contributed by atoms with van der Waals surface area (Å²) in [7, 11) is -3.74. The number of nitrogens with one attached hydrogen (secondary N) is 3. The molecule has 1 fully saturated rings. The summed E-state index contributed by atoms with van der Waals surface area (Å²) in [5, 5.41) is 3.70. The molecule has 1 aliphatic heterocycles. The second-order valence-electron chi connectivity index (χ2n) is 9.96. The summed E-state index contributed by atoms with van der Waals surface area (Å²) >= 11 is 0. The standard InChI is InChI=1S/C27H37N7O2S/c35-37(36,34(20-26-28-13-14-29-26)21-27-30-15-16-31-27)25-11-5-22(6-12-25)19-32-23-7-9-24(10-8-23)33-17-3-1-2-4-18-33/h1-2,5-6,11-16,23-24,32H,3-4,7-10,17-21H2,(H,28,29)(H,30,31)/t23-,24-. The van der Waals surface area contributed by atoms with Gasteiger partial charge >= 0.3 is 0 Å². The van der Waals surface area contributed by atoms with Gasteiger partial charge in [0.05, 0.1) is 18.0 Å². The molecule has 10 heteroatoms. The molecule has 1 aromatic carbocycles. The van der Waals surface area contributed by atoms with Crippen molar-refractivity contribution in [2.24, 2.45) is 0 Å². The molecule has 5 rings (SSSR count). The van der Waals surface area contributed by atoms with Crippen LogP contribution < -0.4 is 5.32 Å². The van der Waals surface area contributed by atoms with E-state index in [4.69, 9.17) is 0 Å². The van der Waals surface area contributed by atoms with Crippen LogP contribution in [0.5, 0.6) is 0 Å². The third kappa shape index (κ3) is 6.75. The number of imidazole rings is 2. The maximum atomic E-state index is 13.5. The van der Waals surface area contributed by atoms with Gasteiger partial charge in [-0.25, -0.2) is 18.4 Å². The van der Waals surface area contributed by atoms with Crippen LogP contribution in [0.2, 0.25) is 0 Å². The molecule has 0 bridgehead atoms. The van der Waals surface area contributed by atoms with E-state index >= 15 is 0 Å². The van der Waals surface area contributed by atoms with Crippen molar-refractivity contribution >= 4 is 10.0 Å². The average molecular weight is 524 g/mol. The van der Waals surface area contributed by atoms with Crippen molar-refractivity contribution in [3.8, 4) is 0 Å². The van der Waals surface area contributed by atoms with Crippen LogP contribution in [0.25, 0.3) is 0 Å². The van der Waals surface area contributed by atoms with Crippen molar-refractivity contribution in [2.75, 3.05) is 13.1 Å². The van der Waals surface area contributed by atoms with Crippen LogP contribution in [0.1, 0.15) is 55.7 Å². The van der Waals surface area contributed by atoms with Crippen molar-refractivity contribution in [1.82, 2.24) is 34.5 Å². The first kappa shape index (κ1) is 25.8. The third-order valence-corrected chi connectivity index (χ3v) is 9.27. The zero-order chi connectivity index (χ0) is 25.5. The van der Waals surface area contributed by atoms with Crippen molar-refractivity contribution < 1.29 is 8.42 Å². The number of hydrogen-bond acceptors (Lipinski definition) is 6. The third-order valence-electron chi connectivity index (χ3n) is 7.46. The highest BCUT2D eigenvalue weighted by molar-refractivity contribution is 7.89. The van der Waals surface area contributed by atoms with Gasteiger partial charge in [-0.05, 0) is 56.2 Å². The number of rotatable bonds is 10. The fourth-order valence-electron chi connectivity index (χ4n) is 5.36. The molecule has 2 aliphatic rings. The smallest absolute Gasteiger partial charge is 0.243 e. The largest absolute Gasteiger partial charge is 0.347 e. The molecular formula is C27H37N7O2S. The number of nitrogens with zero attached hydrogens (tertiary/aromatic N) is 4. The molecule has 0 saturated heterocycles. The van der Waals surface area contributed by atoms with Gasteiger partial charge < -0.3 is 15.3 Å². The van der Waals surface area contributed by atoms with Gasteiger partial charge in [0.15, 0.2) is 0 Å². The van der Waals surface area contributed by atoms with Gasteiger partial charge in [0.25, 0.3) is 0 Å². The number of H-pyrrole nitrogens is 2. The minimum Gasteiger partial charge on any atom is -0.347 e. The van der Waals surface area contributed by atoms with Crippen LogP contribution in [-0.2, 0) is 29.7 Å². The summed E-state index contributed by atoms with van der Waals surface area (Å²) in [6, 6.07) is 8.46. The van der Waals surface area contributed by atoms with Crippen LogP contribution >= 0.6 is 0 Å². The van der Waals surface area contributed by atoms with Crippen LogP contribution in [0.4, 0.5) is 0 Å². The highest BCUT2D eigenvalue weighted by atomic mass is 32.2. The van der Waals surface area contributed by atoms with Crippen molar-refractivity contribution in [3.63, 3.8) is 0 Å². The number of benzene rings is 1. The average Bonchev–Trinajstić information content (AvgIpc) is 3.57. The molecule has 0 radical (unpaired) electrons. The molecule has 3 N–H and O–H groups in total. The van der Waals surface area contributed by atoms with E-state index in [9.17, 15) is 8.42 Å². The Morgan fingerprint density at radius 1 is 0.892 bits per heavy atom. The molecule has 0 amide bonds. The summed E-state index contributed by atoms with van der Waals surface area (Å²) in [4.78, 5) is 17.3. The summed E-state index contributed by atoms with van der Waals surface area (Å²) in [6.45, 7) is 3.39. The zero-order valence-corrected chi connectivity index (χ0v) is 22.0. The fourth-order valence-corrected chi connectivity index (χ4v) is 6.72. The Kier molecular flexibility index (Phi) is 8.50. The summed E-state index contributed by atoms with van der Waals surface area (Å²) in [6.07, 6.45) is 18.5. The highest BCUT2D eigenvalue weighted by Gasteiger charge is 2.27. The molecule has 0 unspecified atom stereocenters. The lowest BCUT2D eigenvalue weighted by molar-refractivity contribution is 0.149. The lowest BCUT2D eigenvalue weighted by Gasteiger charge is -2.36. The molecule has 9 nitrogen and oxygen atoms in total. The van der Waals surface area contributed by atoms with Gasteiger partial charge in [-0.2, -0.15) is 4.31 Å². The van der Waals surface area contributed by atoms with Crippen LogP contribution in [0, 0.1) is 0 Å². The molecule has 3 heterocycles. The predicted octanol–water partition coefficient (Wildman–Crippen LogP) is 3.58. The molecule has 2 aromatic heterocycles. The van der Waals surface area contributed by atoms with Crippen molar-refractivity contribution in [1.29, 1.82) is 0 Å². The Bertz CT molecular complexity index is 1170. The van der Waals surface area contributed by atoms with Gasteiger partial charge in [-0.1, -0.05) is 24.3 Å². The van der Waals surface area contributed by atoms with Gasteiger partial charge in [-0.3, -0.25) is 4.90 Å². The van der Waals surface area contributed by atoms with E-state index < -0.39 is 10.0 Å². The number of aromatic amines is 2. The maximum Gasteiger partial charge on any atom is 0.243 e. The normalized spacial score (nSPS) is 21.3. The summed E-state index contributed by atoms with van der Waals surface area (Å²) in [5.74, 6) is 1.16. The van der Waals surface area contributed by atoms with E-state index in [0.29, 0.717) is 23.7 Å². The summed E-state index contributed by atoms with van der Waals surface area (Å²) < 4.78 is 28.4. The molecule has 37 heavy (non-hydrogen) atoms. The van der Waals surface area contributed by atoms with Gasteiger partial charge in [0.2, 0.25) is 10.0 Å². The van der Waals surface area contributed by atoms with E-state index in [1.54, 1.807) is 36.9 Å². The molecular weight excluding hydrogens is 486 g/mol. The van der Waals surface area contributed by atoms with Crippen molar-refractivity contribution in [3.05, 3.63) is 78.4 Å². The topological polar surface area (TPSA) is 110 Å². The minimum absolute atomic E-state index is 0.135. The van der Waals surface area contributed by atoms with E-state index in [1.165, 1.54) is 55.9 Å². The van der Waals surface area contributed by atoms with Crippen LogP contribution in [0.15, 0.2) is 66.1 Å². The predicted molar refractivity (Wildman–Crippen MR) is 143 cm³/mol. The van der Waals surface area contributed by atoms with Gasteiger partial charge in [0.1, 0.15) is 11.6 Å². The number of aromatic nitrogens is 4. The minimum atomic E-state index is -3.74. The first-order chi connectivity index (χ1) is 18.1. The zero-order valence-electron chi connectivity index (χ0n) is 21.2. The number of hydrogen-bond donors (Lipinski definition) is 3. The molecule has 1 saturated carbocycles. The SMILES string of the molecule is O=S(=O)(c1ccc(CN[C@H]2CC[C@H](N3CCC=CCC3)CC2)cc1)N(Cc1ncc[nH]1)Cc1ncc[nH]1. The Morgan fingerprint density at radius 3 is 2.03 bits per heavy atom. The van der Waals surface area contributed by atoms with Crippen molar-refractivity contribution in [2.45, 2.75) is 75.1 Å². The number of sulfonamides is 1. The molecule has 0 spiro atoms. The first-order valence-corrected chi connectivity index (χ1v) is 14.7. The Balaban J connectivity index is 1.16. The lowest BCUT2D eigenvalue weighted by Crippen LogP contribution is -2.42. The molecule has 1 aliphatic carbocycles. The quantitative estimate of drug-likeness (QED) is 0.351. The van der Waals surface area contributed by atoms with E-state index in [-0.39, 0.29) is 18.0 Å². The van der Waals surface area contributed by atoms with Gasteiger partial charge in [0, 0.05) is 56.5 Å². The second kappa shape index (κ2) is 12.2. The Labute approximate surface area is 219 Å². The Morgan fingerprint density at radius 2 is 1.49 bits per heavy atom. The lowest BCUT2D eigenvalue weighted by atomic mass is 9.90. The van der Waals surface area contributed by atoms with E-state index in [2.05, 4.69) is 42.3 Å². The first-order valence-electron chi connectivity index (χ1n) is 13.3. The molecule has 0 atom stereocenters. The van der Waals surface area contributed by atoms with E-state index in [0.717, 1.165) is 12.1 Å². The highest BCUT2D eigenvalue weighted by Crippen LogP contribution is 2.25. The fraction of sp³-hybridized carbons (Fsp3) is 0.481. The van der Waals surface area contributed by atoms with Gasteiger partial charge in [-0.15, -0.1) is 0 Å². The van der Waals surface area contributed by atoms with E-state index in [1.807, 2.05) is 12.1 Å². The molecule has 198 valence electrons. The Hall–Kier alpha value is -2.79. The maximum absolute atomic E-state index is 13.5. The van der Waals surface area contributed by atoms with Crippen LogP contribution in [-0.4, -0.2) is 62.7 Å². The monoisotopic (exact) mass is 523 g/mol. The van der Waals surface area contributed by atoms with Crippen LogP contribution in [0.3, 0.4) is 0 Å². The summed E-state index contributed by atoms with van der Waals surface area (Å²) in [5.41, 5.74) is 1.09. The molecule has 3 aromatic rings.